The summed E-state index contributed by atoms with van der Waals surface area (Å²) in [6.45, 7) is 0. The fraction of sp³-hybridized carbons (Fsp3) is 0. The smallest absolute Gasteiger partial charge is 0.273 e. The molecule has 7 heteroatoms. The molecule has 1 amide bonds. The Morgan fingerprint density at radius 3 is 2.52 bits per heavy atom. The van der Waals surface area contributed by atoms with Gasteiger partial charge in [-0.05, 0) is 36.4 Å². The number of hydrogen-bond acceptors (Lipinski definition) is 2. The van der Waals surface area contributed by atoms with Gasteiger partial charge < -0.3 is 5.32 Å². The molecular formula is C16H10Cl2FN3O. The van der Waals surface area contributed by atoms with Crippen LogP contribution in [0.4, 0.5) is 10.1 Å². The maximum Gasteiger partial charge on any atom is 0.273 e. The zero-order valence-electron chi connectivity index (χ0n) is 11.6. The van der Waals surface area contributed by atoms with Crippen molar-refractivity contribution in [1.82, 2.24) is 10.2 Å². The molecule has 0 radical (unpaired) electrons. The van der Waals surface area contributed by atoms with Gasteiger partial charge in [0.15, 0.2) is 0 Å². The number of hydrogen-bond donors (Lipinski definition) is 2. The van der Waals surface area contributed by atoms with E-state index in [1.807, 2.05) is 0 Å². The van der Waals surface area contributed by atoms with Crippen molar-refractivity contribution in [1.29, 1.82) is 0 Å². The van der Waals surface area contributed by atoms with Crippen molar-refractivity contribution in [3.63, 3.8) is 0 Å². The van der Waals surface area contributed by atoms with E-state index < -0.39 is 11.7 Å². The van der Waals surface area contributed by atoms with E-state index in [2.05, 4.69) is 15.5 Å². The van der Waals surface area contributed by atoms with Crippen LogP contribution in [0, 0.1) is 5.82 Å². The molecule has 3 aromatic rings. The zero-order valence-corrected chi connectivity index (χ0v) is 13.1. The van der Waals surface area contributed by atoms with E-state index in [0.717, 1.165) is 5.56 Å². The summed E-state index contributed by atoms with van der Waals surface area (Å²) in [5.41, 5.74) is 2.11. The minimum Gasteiger partial charge on any atom is -0.321 e. The molecule has 3 rings (SSSR count). The maximum atomic E-state index is 13.1. The molecule has 0 unspecified atom stereocenters. The first-order valence-electron chi connectivity index (χ1n) is 6.61. The highest BCUT2D eigenvalue weighted by molar-refractivity contribution is 6.31. The first kappa shape index (κ1) is 15.5. The molecule has 2 N–H and O–H groups in total. The van der Waals surface area contributed by atoms with E-state index in [1.165, 1.54) is 18.2 Å². The number of carbonyl (C=O) groups is 1. The predicted molar refractivity (Wildman–Crippen MR) is 88.4 cm³/mol. The van der Waals surface area contributed by atoms with E-state index in [9.17, 15) is 9.18 Å². The highest BCUT2D eigenvalue weighted by Gasteiger charge is 2.12. The molecular weight excluding hydrogens is 340 g/mol. The molecule has 0 aliphatic carbocycles. The molecule has 0 aliphatic rings. The standard InChI is InChI=1S/C16H10Cl2FN3O/c17-10-3-1-9(2-4-10)14-8-15(22-21-14)16(23)20-11-5-6-13(19)12(18)7-11/h1-8H,(H,20,23)(H,21,22). The largest absolute Gasteiger partial charge is 0.321 e. The minimum absolute atomic E-state index is 0.0609. The lowest BCUT2D eigenvalue weighted by Crippen LogP contribution is -2.12. The maximum absolute atomic E-state index is 13.1. The Labute approximate surface area is 141 Å². The number of amides is 1. The second kappa shape index (κ2) is 6.40. The van der Waals surface area contributed by atoms with Crippen LogP contribution in [-0.2, 0) is 0 Å². The summed E-state index contributed by atoms with van der Waals surface area (Å²) < 4.78 is 13.1. The molecule has 1 aromatic heterocycles. The van der Waals surface area contributed by atoms with Crippen molar-refractivity contribution >= 4 is 34.8 Å². The van der Waals surface area contributed by atoms with Crippen LogP contribution < -0.4 is 5.32 Å². The van der Waals surface area contributed by atoms with Gasteiger partial charge in [0, 0.05) is 16.3 Å². The fourth-order valence-electron chi connectivity index (χ4n) is 1.98. The van der Waals surface area contributed by atoms with Crippen molar-refractivity contribution in [3.05, 3.63) is 70.1 Å². The molecule has 2 aromatic carbocycles. The lowest BCUT2D eigenvalue weighted by Gasteiger charge is -2.04. The SMILES string of the molecule is O=C(Nc1ccc(F)c(Cl)c1)c1cc(-c2ccc(Cl)cc2)n[nH]1. The molecule has 0 spiro atoms. The lowest BCUT2D eigenvalue weighted by molar-refractivity contribution is 0.102. The van der Waals surface area contributed by atoms with Crippen molar-refractivity contribution in [2.45, 2.75) is 0 Å². The molecule has 1 heterocycles. The van der Waals surface area contributed by atoms with Gasteiger partial charge in [-0.3, -0.25) is 9.89 Å². The van der Waals surface area contributed by atoms with Gasteiger partial charge in [-0.25, -0.2) is 4.39 Å². The average molecular weight is 350 g/mol. The predicted octanol–water partition coefficient (Wildman–Crippen LogP) is 4.77. The van der Waals surface area contributed by atoms with Crippen molar-refractivity contribution in [3.8, 4) is 11.3 Å². The van der Waals surface area contributed by atoms with E-state index in [4.69, 9.17) is 23.2 Å². The van der Waals surface area contributed by atoms with E-state index in [0.29, 0.717) is 16.4 Å². The van der Waals surface area contributed by atoms with Crippen LogP contribution in [0.2, 0.25) is 10.0 Å². The Balaban J connectivity index is 1.78. The number of aromatic nitrogens is 2. The van der Waals surface area contributed by atoms with Gasteiger partial charge in [-0.1, -0.05) is 35.3 Å². The van der Waals surface area contributed by atoms with Crippen LogP contribution in [0.3, 0.4) is 0 Å². The van der Waals surface area contributed by atoms with Crippen molar-refractivity contribution in [2.75, 3.05) is 5.32 Å². The summed E-state index contributed by atoms with van der Waals surface area (Å²) in [6, 6.07) is 12.7. The van der Waals surface area contributed by atoms with Gasteiger partial charge >= 0.3 is 0 Å². The van der Waals surface area contributed by atoms with Gasteiger partial charge in [0.25, 0.3) is 5.91 Å². The third-order valence-electron chi connectivity index (χ3n) is 3.14. The van der Waals surface area contributed by atoms with E-state index >= 15 is 0 Å². The number of benzene rings is 2. The third-order valence-corrected chi connectivity index (χ3v) is 3.68. The monoisotopic (exact) mass is 349 g/mol. The molecule has 116 valence electrons. The number of H-pyrrole nitrogens is 1. The van der Waals surface area contributed by atoms with Gasteiger partial charge in [0.2, 0.25) is 0 Å². The highest BCUT2D eigenvalue weighted by atomic mass is 35.5. The Morgan fingerprint density at radius 1 is 1.09 bits per heavy atom. The topological polar surface area (TPSA) is 57.8 Å². The normalized spacial score (nSPS) is 10.6. The number of aromatic amines is 1. The number of nitrogens with one attached hydrogen (secondary N) is 2. The first-order chi connectivity index (χ1) is 11.0. The Hall–Kier alpha value is -2.37. The molecule has 0 saturated carbocycles. The van der Waals surface area contributed by atoms with Crippen LogP contribution in [0.15, 0.2) is 48.5 Å². The van der Waals surface area contributed by atoms with Gasteiger partial charge in [-0.15, -0.1) is 0 Å². The average Bonchev–Trinajstić information content (AvgIpc) is 3.02. The van der Waals surface area contributed by atoms with Crippen LogP contribution in [-0.4, -0.2) is 16.1 Å². The van der Waals surface area contributed by atoms with Crippen LogP contribution in [0.25, 0.3) is 11.3 Å². The molecule has 0 atom stereocenters. The van der Waals surface area contributed by atoms with Gasteiger partial charge in [-0.2, -0.15) is 5.10 Å². The van der Waals surface area contributed by atoms with Crippen LogP contribution in [0.5, 0.6) is 0 Å². The number of anilines is 1. The summed E-state index contributed by atoms with van der Waals surface area (Å²) >= 11 is 11.5. The Kier molecular flexibility index (Phi) is 4.32. The molecule has 0 fully saturated rings. The number of rotatable bonds is 3. The van der Waals surface area contributed by atoms with Crippen molar-refractivity contribution < 1.29 is 9.18 Å². The summed E-state index contributed by atoms with van der Waals surface area (Å²) in [6.07, 6.45) is 0. The van der Waals surface area contributed by atoms with E-state index in [1.54, 1.807) is 30.3 Å². The number of carbonyl (C=O) groups excluding carboxylic acids is 1. The minimum atomic E-state index is -0.545. The summed E-state index contributed by atoms with van der Waals surface area (Å²) in [5, 5.41) is 9.94. The number of halogens is 3. The highest BCUT2D eigenvalue weighted by Crippen LogP contribution is 2.22. The molecule has 0 bridgehead atoms. The summed E-state index contributed by atoms with van der Waals surface area (Å²) in [7, 11) is 0. The Bertz CT molecular complexity index is 862. The quantitative estimate of drug-likeness (QED) is 0.715. The summed E-state index contributed by atoms with van der Waals surface area (Å²) in [5.74, 6) is -0.948. The molecule has 4 nitrogen and oxygen atoms in total. The number of nitrogens with zero attached hydrogens (tertiary/aromatic N) is 1. The molecule has 0 saturated heterocycles. The first-order valence-corrected chi connectivity index (χ1v) is 7.36. The third kappa shape index (κ3) is 3.52. The van der Waals surface area contributed by atoms with Crippen LogP contribution >= 0.6 is 23.2 Å². The Morgan fingerprint density at radius 2 is 1.83 bits per heavy atom. The molecule has 23 heavy (non-hydrogen) atoms. The van der Waals surface area contributed by atoms with Gasteiger partial charge in [0.1, 0.15) is 11.5 Å². The zero-order chi connectivity index (χ0) is 16.4. The van der Waals surface area contributed by atoms with Gasteiger partial charge in [0.05, 0.1) is 10.7 Å². The fourth-order valence-corrected chi connectivity index (χ4v) is 2.29. The lowest BCUT2D eigenvalue weighted by atomic mass is 10.1. The van der Waals surface area contributed by atoms with Crippen molar-refractivity contribution in [2.24, 2.45) is 0 Å². The van der Waals surface area contributed by atoms with Crippen LogP contribution in [0.1, 0.15) is 10.5 Å². The summed E-state index contributed by atoms with van der Waals surface area (Å²) in [4.78, 5) is 12.2. The second-order valence-electron chi connectivity index (χ2n) is 4.76. The van der Waals surface area contributed by atoms with E-state index in [-0.39, 0.29) is 10.7 Å². The molecule has 0 aliphatic heterocycles. The second-order valence-corrected chi connectivity index (χ2v) is 5.60.